The summed E-state index contributed by atoms with van der Waals surface area (Å²) in [6, 6.07) is 0. The van der Waals surface area contributed by atoms with Crippen LogP contribution in [0.4, 0.5) is 0 Å². The lowest BCUT2D eigenvalue weighted by Crippen LogP contribution is -2.50. The first-order valence-electron chi connectivity index (χ1n) is 10.2. The van der Waals surface area contributed by atoms with E-state index in [1.54, 1.807) is 6.92 Å². The Bertz CT molecular complexity index is 494. The van der Waals surface area contributed by atoms with E-state index < -0.39 is 0 Å². The lowest BCUT2D eigenvalue weighted by molar-refractivity contribution is -0.130. The molecule has 0 bridgehead atoms. The minimum absolute atomic E-state index is 0.213. The normalized spacial score (nSPS) is 20.1. The number of nitrogens with zero attached hydrogens (tertiary/aromatic N) is 3. The second kappa shape index (κ2) is 11.9. The van der Waals surface area contributed by atoms with E-state index in [4.69, 9.17) is 0 Å². The molecule has 2 fully saturated rings. The highest BCUT2D eigenvalue weighted by Crippen LogP contribution is 2.22. The minimum Gasteiger partial charge on any atom is -0.372 e. The van der Waals surface area contributed by atoms with Crippen molar-refractivity contribution in [3.63, 3.8) is 0 Å². The van der Waals surface area contributed by atoms with Crippen molar-refractivity contribution in [2.24, 2.45) is 5.92 Å². The Balaban J connectivity index is 0.00000163. The van der Waals surface area contributed by atoms with E-state index in [9.17, 15) is 4.79 Å². The molecular formula is C22H39N3O. The molecule has 26 heavy (non-hydrogen) atoms. The fourth-order valence-corrected chi connectivity index (χ4v) is 3.60. The quantitative estimate of drug-likeness (QED) is 0.694. The Kier molecular flexibility index (Phi) is 10.3. The molecule has 0 aliphatic carbocycles. The van der Waals surface area contributed by atoms with Gasteiger partial charge in [-0.3, -0.25) is 9.69 Å². The summed E-state index contributed by atoms with van der Waals surface area (Å²) >= 11 is 0. The maximum atomic E-state index is 11.4. The van der Waals surface area contributed by atoms with E-state index >= 15 is 0 Å². The molecule has 0 radical (unpaired) electrons. The largest absolute Gasteiger partial charge is 0.372 e. The Morgan fingerprint density at radius 3 is 2.00 bits per heavy atom. The van der Waals surface area contributed by atoms with E-state index in [-0.39, 0.29) is 5.91 Å². The summed E-state index contributed by atoms with van der Waals surface area (Å²) in [5, 5.41) is 0. The van der Waals surface area contributed by atoms with E-state index in [1.807, 2.05) is 25.7 Å². The summed E-state index contributed by atoms with van der Waals surface area (Å²) < 4.78 is 0. The van der Waals surface area contributed by atoms with E-state index in [1.165, 1.54) is 25.1 Å². The van der Waals surface area contributed by atoms with Gasteiger partial charge in [-0.15, -0.1) is 0 Å². The predicted molar refractivity (Wildman–Crippen MR) is 112 cm³/mol. The number of hydrogen-bond donors (Lipinski definition) is 0. The second-order valence-corrected chi connectivity index (χ2v) is 7.13. The number of carbonyl (C=O) groups is 1. The molecule has 1 amide bonds. The molecule has 4 nitrogen and oxygen atoms in total. The van der Waals surface area contributed by atoms with Gasteiger partial charge in [-0.1, -0.05) is 38.2 Å². The maximum absolute atomic E-state index is 11.4. The fraction of sp³-hybridized carbons (Fsp3) is 0.682. The average molecular weight is 362 g/mol. The Labute approximate surface area is 161 Å². The smallest absolute Gasteiger partial charge is 0.219 e. The van der Waals surface area contributed by atoms with Gasteiger partial charge < -0.3 is 9.80 Å². The molecule has 0 N–H and O–H groups in total. The Morgan fingerprint density at radius 1 is 0.962 bits per heavy atom. The third-order valence-electron chi connectivity index (χ3n) is 5.15. The van der Waals surface area contributed by atoms with Crippen LogP contribution in [-0.4, -0.2) is 66.4 Å². The van der Waals surface area contributed by atoms with Crippen molar-refractivity contribution < 1.29 is 4.79 Å². The van der Waals surface area contributed by atoms with Gasteiger partial charge in [0.05, 0.1) is 0 Å². The van der Waals surface area contributed by atoms with Crippen LogP contribution in [0.15, 0.2) is 36.1 Å². The SMILES string of the molecule is C=C(C)/C=C\C(=C/C)N1CCC(CN2CCN(C(C)=O)CC2)CC1.CC. The number of likely N-dealkylation sites (tertiary alicyclic amines) is 1. The first-order chi connectivity index (χ1) is 12.5. The van der Waals surface area contributed by atoms with Crippen LogP contribution in [-0.2, 0) is 4.79 Å². The molecule has 2 saturated heterocycles. The van der Waals surface area contributed by atoms with E-state index in [0.29, 0.717) is 0 Å². The number of piperidine rings is 1. The maximum Gasteiger partial charge on any atom is 0.219 e. The van der Waals surface area contributed by atoms with Crippen LogP contribution in [0.3, 0.4) is 0 Å². The molecule has 0 unspecified atom stereocenters. The topological polar surface area (TPSA) is 26.8 Å². The zero-order chi connectivity index (χ0) is 19.5. The highest BCUT2D eigenvalue weighted by Gasteiger charge is 2.24. The number of carbonyl (C=O) groups excluding carboxylic acids is 1. The predicted octanol–water partition coefficient (Wildman–Crippen LogP) is 3.92. The van der Waals surface area contributed by atoms with Crippen molar-refractivity contribution in [2.75, 3.05) is 45.8 Å². The van der Waals surface area contributed by atoms with Crippen molar-refractivity contribution in [2.45, 2.75) is 47.5 Å². The summed E-state index contributed by atoms with van der Waals surface area (Å²) in [6.45, 7) is 21.1. The average Bonchev–Trinajstić information content (AvgIpc) is 2.65. The summed E-state index contributed by atoms with van der Waals surface area (Å²) in [7, 11) is 0. The van der Waals surface area contributed by atoms with Crippen LogP contribution < -0.4 is 0 Å². The van der Waals surface area contributed by atoms with Crippen molar-refractivity contribution >= 4 is 5.91 Å². The Hall–Kier alpha value is -1.55. The van der Waals surface area contributed by atoms with Crippen LogP contribution in [0, 0.1) is 5.92 Å². The monoisotopic (exact) mass is 361 g/mol. The third-order valence-corrected chi connectivity index (χ3v) is 5.15. The number of piperazine rings is 1. The van der Waals surface area contributed by atoms with E-state index in [2.05, 4.69) is 41.5 Å². The molecule has 148 valence electrons. The number of allylic oxidation sites excluding steroid dienone is 4. The van der Waals surface area contributed by atoms with Gasteiger partial charge in [-0.2, -0.15) is 0 Å². The highest BCUT2D eigenvalue weighted by molar-refractivity contribution is 5.73. The van der Waals surface area contributed by atoms with Gasteiger partial charge in [0, 0.05) is 58.4 Å². The number of rotatable bonds is 5. The van der Waals surface area contributed by atoms with Crippen molar-refractivity contribution in [1.82, 2.24) is 14.7 Å². The van der Waals surface area contributed by atoms with Gasteiger partial charge in [0.1, 0.15) is 0 Å². The molecule has 0 aromatic heterocycles. The van der Waals surface area contributed by atoms with Crippen molar-refractivity contribution in [1.29, 1.82) is 0 Å². The Morgan fingerprint density at radius 2 is 1.54 bits per heavy atom. The van der Waals surface area contributed by atoms with Gasteiger partial charge in [-0.05, 0) is 38.7 Å². The first-order valence-corrected chi connectivity index (χ1v) is 10.2. The second-order valence-electron chi connectivity index (χ2n) is 7.13. The lowest BCUT2D eigenvalue weighted by atomic mass is 9.95. The zero-order valence-corrected chi connectivity index (χ0v) is 17.6. The molecule has 0 spiro atoms. The molecule has 2 heterocycles. The van der Waals surface area contributed by atoms with Gasteiger partial charge in [0.2, 0.25) is 5.91 Å². The number of hydrogen-bond acceptors (Lipinski definition) is 3. The van der Waals surface area contributed by atoms with E-state index in [0.717, 1.165) is 50.8 Å². The molecule has 4 heteroatoms. The van der Waals surface area contributed by atoms with Gasteiger partial charge >= 0.3 is 0 Å². The van der Waals surface area contributed by atoms with Gasteiger partial charge in [-0.25, -0.2) is 0 Å². The highest BCUT2D eigenvalue weighted by atomic mass is 16.2. The van der Waals surface area contributed by atoms with Gasteiger partial charge in [0.25, 0.3) is 0 Å². The lowest BCUT2D eigenvalue weighted by Gasteiger charge is -2.39. The summed E-state index contributed by atoms with van der Waals surface area (Å²) in [5.74, 6) is 0.998. The molecule has 0 atom stereocenters. The molecule has 0 aromatic rings. The van der Waals surface area contributed by atoms with Gasteiger partial charge in [0.15, 0.2) is 0 Å². The molecular weight excluding hydrogens is 322 g/mol. The van der Waals surface area contributed by atoms with Crippen LogP contribution in [0.25, 0.3) is 0 Å². The molecule has 0 aromatic carbocycles. The number of amides is 1. The molecule has 2 rings (SSSR count). The summed E-state index contributed by atoms with van der Waals surface area (Å²) in [6.07, 6.45) is 8.98. The van der Waals surface area contributed by atoms with Crippen LogP contribution in [0.2, 0.25) is 0 Å². The first kappa shape index (κ1) is 22.5. The van der Waals surface area contributed by atoms with Crippen LogP contribution >= 0.6 is 0 Å². The molecule has 0 saturated carbocycles. The standard InChI is InChI=1S/C20H33N3O.C2H6/c1-5-20(7-6-17(2)3)23-10-8-19(9-11-23)16-21-12-14-22(15-13-21)18(4)24;1-2/h5-7,19H,2,8-16H2,1,3-4H3;1-2H3/b7-6-,20-5+;. The zero-order valence-electron chi connectivity index (χ0n) is 17.6. The minimum atomic E-state index is 0.213. The van der Waals surface area contributed by atoms with Crippen molar-refractivity contribution in [3.8, 4) is 0 Å². The van der Waals surface area contributed by atoms with Crippen LogP contribution in [0.5, 0.6) is 0 Å². The summed E-state index contributed by atoms with van der Waals surface area (Å²) in [4.78, 5) is 18.4. The fourth-order valence-electron chi connectivity index (χ4n) is 3.60. The van der Waals surface area contributed by atoms with Crippen molar-refractivity contribution in [3.05, 3.63) is 36.1 Å². The summed E-state index contributed by atoms with van der Waals surface area (Å²) in [5.41, 5.74) is 2.40. The van der Waals surface area contributed by atoms with Crippen LogP contribution in [0.1, 0.15) is 47.5 Å². The molecule has 2 aliphatic rings. The molecule has 2 aliphatic heterocycles. The third kappa shape index (κ3) is 7.36.